The van der Waals surface area contributed by atoms with Crippen molar-refractivity contribution in [1.82, 2.24) is 4.90 Å². The number of hydrogen-bond donors (Lipinski definition) is 1. The van der Waals surface area contributed by atoms with E-state index in [9.17, 15) is 9.59 Å². The Balaban J connectivity index is 1.24. The molecule has 2 aromatic carbocycles. The Kier molecular flexibility index (Phi) is 4.85. The van der Waals surface area contributed by atoms with Crippen LogP contribution in [0.15, 0.2) is 48.5 Å². The number of ketones is 1. The maximum atomic E-state index is 12.2. The molecule has 1 saturated heterocycles. The van der Waals surface area contributed by atoms with Crippen molar-refractivity contribution in [2.75, 3.05) is 25.0 Å². The van der Waals surface area contributed by atoms with Gasteiger partial charge in [0, 0.05) is 31.6 Å². The molecule has 0 radical (unpaired) electrons. The number of nitrogens with one attached hydrogen (secondary N) is 1. The molecule has 4 rings (SSSR count). The van der Waals surface area contributed by atoms with Gasteiger partial charge in [-0.3, -0.25) is 14.5 Å². The first-order valence-corrected chi connectivity index (χ1v) is 9.35. The van der Waals surface area contributed by atoms with E-state index in [0.29, 0.717) is 31.1 Å². The summed E-state index contributed by atoms with van der Waals surface area (Å²) in [7, 11) is 0. The molecule has 0 unspecified atom stereocenters. The van der Waals surface area contributed by atoms with Gasteiger partial charge < -0.3 is 5.32 Å². The molecule has 2 aromatic rings. The molecular formula is C22H24N2O2. The fourth-order valence-electron chi connectivity index (χ4n) is 3.96. The summed E-state index contributed by atoms with van der Waals surface area (Å²) >= 11 is 0. The average molecular weight is 348 g/mol. The van der Waals surface area contributed by atoms with E-state index in [0.717, 1.165) is 37.2 Å². The van der Waals surface area contributed by atoms with E-state index in [4.69, 9.17) is 0 Å². The first-order valence-electron chi connectivity index (χ1n) is 9.35. The molecule has 0 bridgehead atoms. The first-order chi connectivity index (χ1) is 12.7. The third-order valence-electron chi connectivity index (χ3n) is 5.27. The number of nitrogens with zero attached hydrogens (tertiary/aromatic N) is 1. The molecule has 2 aliphatic rings. The van der Waals surface area contributed by atoms with Gasteiger partial charge in [-0.05, 0) is 41.5 Å². The van der Waals surface area contributed by atoms with Gasteiger partial charge >= 0.3 is 0 Å². The Bertz CT molecular complexity index is 810. The molecule has 26 heavy (non-hydrogen) atoms. The van der Waals surface area contributed by atoms with Crippen molar-refractivity contribution in [1.29, 1.82) is 0 Å². The third-order valence-corrected chi connectivity index (χ3v) is 5.27. The summed E-state index contributed by atoms with van der Waals surface area (Å²) in [6.07, 6.45) is 2.99. The number of likely N-dealkylation sites (tertiary alicyclic amines) is 1. The van der Waals surface area contributed by atoms with Crippen molar-refractivity contribution in [2.45, 2.75) is 25.7 Å². The normalized spacial score (nSPS) is 17.3. The van der Waals surface area contributed by atoms with Crippen LogP contribution in [0.4, 0.5) is 5.69 Å². The van der Waals surface area contributed by atoms with Crippen LogP contribution in [0.5, 0.6) is 0 Å². The van der Waals surface area contributed by atoms with Crippen molar-refractivity contribution in [2.24, 2.45) is 5.92 Å². The highest BCUT2D eigenvalue weighted by Gasteiger charge is 2.28. The standard InChI is InChI=1S/C22H24N2O2/c25-20(12-16-4-2-1-3-5-16)15-24-13-18(14-24)10-17-6-8-21-19(11-17)7-9-22(26)23-21/h1-6,8,11,18H,7,9-10,12-15H2,(H,23,26). The maximum Gasteiger partial charge on any atom is 0.224 e. The van der Waals surface area contributed by atoms with Gasteiger partial charge in [0.1, 0.15) is 0 Å². The molecule has 0 saturated carbocycles. The second-order valence-electron chi connectivity index (χ2n) is 7.50. The number of anilines is 1. The average Bonchev–Trinajstić information content (AvgIpc) is 2.61. The number of rotatable bonds is 6. The molecule has 1 amide bonds. The monoisotopic (exact) mass is 348 g/mol. The van der Waals surface area contributed by atoms with Crippen LogP contribution >= 0.6 is 0 Å². The van der Waals surface area contributed by atoms with Crippen molar-refractivity contribution < 1.29 is 9.59 Å². The van der Waals surface area contributed by atoms with E-state index >= 15 is 0 Å². The molecular weight excluding hydrogens is 324 g/mol. The van der Waals surface area contributed by atoms with Crippen LogP contribution in [0, 0.1) is 5.92 Å². The Morgan fingerprint density at radius 2 is 1.85 bits per heavy atom. The fourth-order valence-corrected chi connectivity index (χ4v) is 3.96. The van der Waals surface area contributed by atoms with E-state index in [1.54, 1.807) is 0 Å². The van der Waals surface area contributed by atoms with E-state index in [1.165, 1.54) is 11.1 Å². The Labute approximate surface area is 154 Å². The molecule has 0 aliphatic carbocycles. The number of hydrogen-bond acceptors (Lipinski definition) is 3. The van der Waals surface area contributed by atoms with Gasteiger partial charge in [-0.25, -0.2) is 0 Å². The van der Waals surface area contributed by atoms with Gasteiger partial charge in [0.2, 0.25) is 5.91 Å². The number of aryl methyl sites for hydroxylation is 1. The summed E-state index contributed by atoms with van der Waals surface area (Å²) in [4.78, 5) is 25.9. The summed E-state index contributed by atoms with van der Waals surface area (Å²) in [5, 5.41) is 2.93. The lowest BCUT2D eigenvalue weighted by atomic mass is 9.90. The summed E-state index contributed by atoms with van der Waals surface area (Å²) in [6, 6.07) is 16.3. The van der Waals surface area contributed by atoms with Crippen LogP contribution in [0.2, 0.25) is 0 Å². The van der Waals surface area contributed by atoms with Crippen LogP contribution in [0.25, 0.3) is 0 Å². The maximum absolute atomic E-state index is 12.2. The van der Waals surface area contributed by atoms with Gasteiger partial charge in [0.15, 0.2) is 5.78 Å². The molecule has 134 valence electrons. The summed E-state index contributed by atoms with van der Waals surface area (Å²) in [5.74, 6) is 1.02. The van der Waals surface area contributed by atoms with Crippen LogP contribution in [-0.4, -0.2) is 36.2 Å². The van der Waals surface area contributed by atoms with Crippen molar-refractivity contribution in [3.05, 3.63) is 65.2 Å². The predicted octanol–water partition coefficient (Wildman–Crippen LogP) is 2.86. The number of benzene rings is 2. The van der Waals surface area contributed by atoms with Crippen LogP contribution < -0.4 is 5.32 Å². The zero-order chi connectivity index (χ0) is 17.9. The molecule has 4 nitrogen and oxygen atoms in total. The minimum Gasteiger partial charge on any atom is -0.326 e. The molecule has 4 heteroatoms. The van der Waals surface area contributed by atoms with Crippen molar-refractivity contribution in [3.63, 3.8) is 0 Å². The topological polar surface area (TPSA) is 49.4 Å². The van der Waals surface area contributed by atoms with E-state index in [2.05, 4.69) is 22.3 Å². The fraction of sp³-hybridized carbons (Fsp3) is 0.364. The summed E-state index contributed by atoms with van der Waals surface area (Å²) < 4.78 is 0. The van der Waals surface area contributed by atoms with E-state index in [1.807, 2.05) is 36.4 Å². The molecule has 0 spiro atoms. The highest BCUT2D eigenvalue weighted by Crippen LogP contribution is 2.26. The summed E-state index contributed by atoms with van der Waals surface area (Å²) in [5.41, 5.74) is 4.64. The third kappa shape index (κ3) is 4.02. The Morgan fingerprint density at radius 1 is 1.04 bits per heavy atom. The van der Waals surface area contributed by atoms with Gasteiger partial charge in [-0.2, -0.15) is 0 Å². The molecule has 0 aromatic heterocycles. The van der Waals surface area contributed by atoms with Gasteiger partial charge in [-0.1, -0.05) is 42.5 Å². The Hall–Kier alpha value is -2.46. The second-order valence-corrected chi connectivity index (χ2v) is 7.50. The van der Waals surface area contributed by atoms with E-state index < -0.39 is 0 Å². The lowest BCUT2D eigenvalue weighted by molar-refractivity contribution is -0.121. The molecule has 1 N–H and O–H groups in total. The first kappa shape index (κ1) is 17.0. The van der Waals surface area contributed by atoms with Gasteiger partial charge in [-0.15, -0.1) is 0 Å². The highest BCUT2D eigenvalue weighted by molar-refractivity contribution is 5.93. The van der Waals surface area contributed by atoms with Gasteiger partial charge in [0.25, 0.3) is 0 Å². The van der Waals surface area contributed by atoms with Gasteiger partial charge in [0.05, 0.1) is 6.54 Å². The zero-order valence-corrected chi connectivity index (χ0v) is 14.9. The van der Waals surface area contributed by atoms with Crippen LogP contribution in [-0.2, 0) is 28.9 Å². The van der Waals surface area contributed by atoms with Crippen molar-refractivity contribution >= 4 is 17.4 Å². The minimum atomic E-state index is 0.111. The Morgan fingerprint density at radius 3 is 2.65 bits per heavy atom. The largest absolute Gasteiger partial charge is 0.326 e. The SMILES string of the molecule is O=C(Cc1ccccc1)CN1CC(Cc2ccc3c(c2)CCC(=O)N3)C1. The smallest absolute Gasteiger partial charge is 0.224 e. The zero-order valence-electron chi connectivity index (χ0n) is 14.9. The molecule has 2 aliphatic heterocycles. The van der Waals surface area contributed by atoms with E-state index in [-0.39, 0.29) is 5.91 Å². The number of Topliss-reactive ketones (excluding diaryl/α,β-unsaturated/α-hetero) is 1. The number of carbonyl (C=O) groups is 2. The molecule has 1 fully saturated rings. The highest BCUT2D eigenvalue weighted by atomic mass is 16.1. The lowest BCUT2D eigenvalue weighted by Gasteiger charge is -2.39. The quantitative estimate of drug-likeness (QED) is 0.873. The van der Waals surface area contributed by atoms with Crippen LogP contribution in [0.1, 0.15) is 23.1 Å². The minimum absolute atomic E-state index is 0.111. The number of carbonyl (C=O) groups excluding carboxylic acids is 2. The summed E-state index contributed by atoms with van der Waals surface area (Å²) in [6.45, 7) is 2.55. The van der Waals surface area contributed by atoms with Crippen molar-refractivity contribution in [3.8, 4) is 0 Å². The molecule has 2 heterocycles. The lowest BCUT2D eigenvalue weighted by Crippen LogP contribution is -2.49. The number of amides is 1. The number of fused-ring (bicyclic) bond motifs is 1. The van der Waals surface area contributed by atoms with Crippen LogP contribution in [0.3, 0.4) is 0 Å². The molecule has 0 atom stereocenters. The predicted molar refractivity (Wildman–Crippen MR) is 102 cm³/mol. The second kappa shape index (κ2) is 7.42.